The summed E-state index contributed by atoms with van der Waals surface area (Å²) in [5, 5.41) is 4.10. The Balaban J connectivity index is 1.53. The van der Waals surface area contributed by atoms with E-state index >= 15 is 0 Å². The van der Waals surface area contributed by atoms with E-state index in [2.05, 4.69) is 10.1 Å². The molecule has 138 valence electrons. The lowest BCUT2D eigenvalue weighted by Gasteiger charge is -2.25. The van der Waals surface area contributed by atoms with Crippen molar-refractivity contribution in [2.45, 2.75) is 32.2 Å². The molecule has 6 heteroatoms. The highest BCUT2D eigenvalue weighted by atomic mass is 19.1. The highest BCUT2D eigenvalue weighted by Gasteiger charge is 2.37. The van der Waals surface area contributed by atoms with Crippen molar-refractivity contribution in [3.05, 3.63) is 71.4 Å². The van der Waals surface area contributed by atoms with Crippen molar-refractivity contribution >= 4 is 5.91 Å². The Kier molecular flexibility index (Phi) is 4.48. The van der Waals surface area contributed by atoms with Gasteiger partial charge in [0.1, 0.15) is 5.82 Å². The second-order valence-corrected chi connectivity index (χ2v) is 6.95. The van der Waals surface area contributed by atoms with Gasteiger partial charge in [0.15, 0.2) is 0 Å². The van der Waals surface area contributed by atoms with Crippen molar-refractivity contribution in [2.24, 2.45) is 0 Å². The van der Waals surface area contributed by atoms with Crippen LogP contribution in [0.5, 0.6) is 0 Å². The van der Waals surface area contributed by atoms with Crippen molar-refractivity contribution in [3.63, 3.8) is 0 Å². The lowest BCUT2D eigenvalue weighted by molar-refractivity contribution is -0.129. The highest BCUT2D eigenvalue weighted by Crippen LogP contribution is 2.34. The maximum Gasteiger partial charge on any atom is 0.232 e. The molecule has 1 aliphatic rings. The number of likely N-dealkylation sites (tertiary alicyclic amines) is 1. The standard InChI is InChI=1S/C21H20FN3O2/c1-13-5-3-4-6-18(13)20-23-21(27-24-20)16-11-19(26)25(12-16)14(2)15-7-9-17(22)10-8-15/h3-10,14,16H,11-12H2,1-2H3. The summed E-state index contributed by atoms with van der Waals surface area (Å²) in [6.07, 6.45) is 0.334. The first-order chi connectivity index (χ1) is 13.0. The maximum absolute atomic E-state index is 13.1. The number of hydrogen-bond acceptors (Lipinski definition) is 4. The summed E-state index contributed by atoms with van der Waals surface area (Å²) in [5.41, 5.74) is 2.89. The fourth-order valence-electron chi connectivity index (χ4n) is 3.53. The third kappa shape index (κ3) is 3.35. The van der Waals surface area contributed by atoms with Crippen molar-refractivity contribution in [1.82, 2.24) is 15.0 Å². The molecule has 2 unspecified atom stereocenters. The molecule has 1 amide bonds. The lowest BCUT2D eigenvalue weighted by atomic mass is 10.1. The summed E-state index contributed by atoms with van der Waals surface area (Å²) in [4.78, 5) is 18.8. The maximum atomic E-state index is 13.1. The van der Waals surface area contributed by atoms with E-state index in [9.17, 15) is 9.18 Å². The molecule has 2 atom stereocenters. The van der Waals surface area contributed by atoms with E-state index in [0.717, 1.165) is 16.7 Å². The SMILES string of the molecule is Cc1ccccc1-c1noc(C2CC(=O)N(C(C)c3ccc(F)cc3)C2)n1. The summed E-state index contributed by atoms with van der Waals surface area (Å²) in [7, 11) is 0. The molecule has 2 aromatic carbocycles. The van der Waals surface area contributed by atoms with Crippen LogP contribution in [-0.2, 0) is 4.79 Å². The Labute approximate surface area is 156 Å². The highest BCUT2D eigenvalue weighted by molar-refractivity contribution is 5.80. The van der Waals surface area contributed by atoms with Crippen LogP contribution in [0, 0.1) is 12.7 Å². The molecule has 0 radical (unpaired) electrons. The van der Waals surface area contributed by atoms with Gasteiger partial charge in [0.2, 0.25) is 17.6 Å². The number of hydrogen-bond donors (Lipinski definition) is 0. The molecule has 0 aliphatic carbocycles. The van der Waals surface area contributed by atoms with Crippen molar-refractivity contribution < 1.29 is 13.7 Å². The van der Waals surface area contributed by atoms with Gasteiger partial charge in [-0.2, -0.15) is 4.98 Å². The number of carbonyl (C=O) groups is 1. The molecule has 0 N–H and O–H groups in total. The van der Waals surface area contributed by atoms with Crippen molar-refractivity contribution in [3.8, 4) is 11.4 Å². The van der Waals surface area contributed by atoms with Gasteiger partial charge in [0, 0.05) is 18.5 Å². The van der Waals surface area contributed by atoms with E-state index in [1.165, 1.54) is 12.1 Å². The molecule has 3 aromatic rings. The number of carbonyl (C=O) groups excluding carboxylic acids is 1. The molecule has 4 rings (SSSR count). The van der Waals surface area contributed by atoms with Crippen LogP contribution in [0.2, 0.25) is 0 Å². The number of aryl methyl sites for hydroxylation is 1. The molecule has 1 aliphatic heterocycles. The Morgan fingerprint density at radius 2 is 1.93 bits per heavy atom. The number of benzene rings is 2. The van der Waals surface area contributed by atoms with Crippen LogP contribution in [0.3, 0.4) is 0 Å². The average molecular weight is 365 g/mol. The molecule has 0 saturated carbocycles. The smallest absolute Gasteiger partial charge is 0.232 e. The van der Waals surface area contributed by atoms with Gasteiger partial charge in [-0.3, -0.25) is 4.79 Å². The molecule has 1 aromatic heterocycles. The molecular formula is C21H20FN3O2. The molecule has 27 heavy (non-hydrogen) atoms. The van der Waals surface area contributed by atoms with Crippen LogP contribution in [0.1, 0.15) is 42.3 Å². The summed E-state index contributed by atoms with van der Waals surface area (Å²) < 4.78 is 18.6. The largest absolute Gasteiger partial charge is 0.339 e. The fraction of sp³-hybridized carbons (Fsp3) is 0.286. The van der Waals surface area contributed by atoms with Crippen molar-refractivity contribution in [2.75, 3.05) is 6.54 Å². The minimum atomic E-state index is -0.286. The zero-order valence-electron chi connectivity index (χ0n) is 15.2. The minimum Gasteiger partial charge on any atom is -0.339 e. The summed E-state index contributed by atoms with van der Waals surface area (Å²) in [5.74, 6) is 0.639. The topological polar surface area (TPSA) is 59.2 Å². The van der Waals surface area contributed by atoms with Crippen molar-refractivity contribution in [1.29, 1.82) is 0 Å². The third-order valence-electron chi connectivity index (χ3n) is 5.16. The van der Waals surface area contributed by atoms with Gasteiger partial charge in [-0.15, -0.1) is 0 Å². The van der Waals surface area contributed by atoms with Gasteiger partial charge < -0.3 is 9.42 Å². The van der Waals surface area contributed by atoms with Crippen LogP contribution < -0.4 is 0 Å². The molecule has 5 nitrogen and oxygen atoms in total. The first-order valence-electron chi connectivity index (χ1n) is 8.97. The van der Waals surface area contributed by atoms with Crippen LogP contribution in [0.4, 0.5) is 4.39 Å². The van der Waals surface area contributed by atoms with E-state index in [1.807, 2.05) is 38.1 Å². The van der Waals surface area contributed by atoms with Crippen LogP contribution in [0.25, 0.3) is 11.4 Å². The number of rotatable bonds is 4. The fourth-order valence-corrected chi connectivity index (χ4v) is 3.53. The van der Waals surface area contributed by atoms with E-state index in [-0.39, 0.29) is 23.7 Å². The third-order valence-corrected chi connectivity index (χ3v) is 5.16. The van der Waals surface area contributed by atoms with Gasteiger partial charge in [0.25, 0.3) is 0 Å². The van der Waals surface area contributed by atoms with E-state index in [1.54, 1.807) is 17.0 Å². The second-order valence-electron chi connectivity index (χ2n) is 6.95. The van der Waals surface area contributed by atoms with Crippen LogP contribution in [-0.4, -0.2) is 27.5 Å². The lowest BCUT2D eigenvalue weighted by Crippen LogP contribution is -2.28. The van der Waals surface area contributed by atoms with Gasteiger partial charge in [-0.25, -0.2) is 4.39 Å². The Bertz CT molecular complexity index is 968. The molecule has 1 fully saturated rings. The number of halogens is 1. The number of amides is 1. The van der Waals surface area contributed by atoms with E-state index in [0.29, 0.717) is 24.7 Å². The summed E-state index contributed by atoms with van der Waals surface area (Å²) >= 11 is 0. The Hall–Kier alpha value is -3.02. The first-order valence-corrected chi connectivity index (χ1v) is 8.97. The second kappa shape index (κ2) is 6.95. The molecule has 1 saturated heterocycles. The van der Waals surface area contributed by atoms with Gasteiger partial charge in [-0.1, -0.05) is 41.6 Å². The number of nitrogens with zero attached hydrogens (tertiary/aromatic N) is 3. The molecular weight excluding hydrogens is 345 g/mol. The van der Waals surface area contributed by atoms with Gasteiger partial charge >= 0.3 is 0 Å². The Morgan fingerprint density at radius 3 is 2.67 bits per heavy atom. The van der Waals surface area contributed by atoms with Crippen LogP contribution in [0.15, 0.2) is 53.1 Å². The van der Waals surface area contributed by atoms with E-state index < -0.39 is 0 Å². The summed E-state index contributed by atoms with van der Waals surface area (Å²) in [6, 6.07) is 14.0. The predicted molar refractivity (Wildman–Crippen MR) is 98.4 cm³/mol. The quantitative estimate of drug-likeness (QED) is 0.693. The first kappa shape index (κ1) is 17.4. The molecule has 0 bridgehead atoms. The zero-order chi connectivity index (χ0) is 19.0. The minimum absolute atomic E-state index is 0.0347. The average Bonchev–Trinajstić information content (AvgIpc) is 3.29. The number of aromatic nitrogens is 2. The Morgan fingerprint density at radius 1 is 1.19 bits per heavy atom. The van der Waals surface area contributed by atoms with Gasteiger partial charge in [-0.05, 0) is 37.1 Å². The normalized spacial score (nSPS) is 18.1. The predicted octanol–water partition coefficient (Wildman–Crippen LogP) is 4.26. The van der Waals surface area contributed by atoms with Crippen LogP contribution >= 0.6 is 0 Å². The molecule has 0 spiro atoms. The van der Waals surface area contributed by atoms with Gasteiger partial charge in [0.05, 0.1) is 12.0 Å². The monoisotopic (exact) mass is 365 g/mol. The van der Waals surface area contributed by atoms with E-state index in [4.69, 9.17) is 4.52 Å². The molecule has 2 heterocycles. The summed E-state index contributed by atoms with van der Waals surface area (Å²) in [6.45, 7) is 4.45. The zero-order valence-corrected chi connectivity index (χ0v) is 15.2.